The molecule has 2 aromatic rings. The number of benzene rings is 2. The van der Waals surface area contributed by atoms with Crippen LogP contribution in [0.3, 0.4) is 0 Å². The first-order chi connectivity index (χ1) is 13.3. The molecule has 2 aliphatic heterocycles. The number of carbonyl (C=O) groups excluding carboxylic acids is 2. The topological polar surface area (TPSA) is 65.1 Å². The molecule has 0 aromatic heterocycles. The Morgan fingerprint density at radius 3 is 2.39 bits per heavy atom. The standard InChI is InChI=1S/C22H23NO5/c1-5-26-19(24)22-14-10-6-8-12-16(14)23(20(25)28-21(2,3)4)18(22)27-17-13-9-7-11-15(17)22/h6-13,18H,5H2,1-4H3/t18-,22-/m1/s1. The normalized spacial score (nSPS) is 22.0. The molecule has 0 saturated heterocycles. The van der Waals surface area contributed by atoms with E-state index in [1.165, 1.54) is 4.90 Å². The van der Waals surface area contributed by atoms with Gasteiger partial charge in [-0.25, -0.2) is 9.69 Å². The molecule has 2 atom stereocenters. The second-order valence-electron chi connectivity index (χ2n) is 7.86. The quantitative estimate of drug-likeness (QED) is 0.736. The van der Waals surface area contributed by atoms with Crippen molar-refractivity contribution in [3.05, 3.63) is 59.7 Å². The molecule has 0 radical (unpaired) electrons. The second kappa shape index (κ2) is 6.26. The number of esters is 1. The van der Waals surface area contributed by atoms with E-state index in [-0.39, 0.29) is 6.61 Å². The van der Waals surface area contributed by atoms with Gasteiger partial charge in [0.05, 0.1) is 12.3 Å². The fourth-order valence-electron chi connectivity index (χ4n) is 3.98. The summed E-state index contributed by atoms with van der Waals surface area (Å²) in [5.74, 6) is 0.118. The summed E-state index contributed by atoms with van der Waals surface area (Å²) in [7, 11) is 0. The van der Waals surface area contributed by atoms with Crippen LogP contribution in [0.2, 0.25) is 0 Å². The number of fused-ring (bicyclic) bond motifs is 5. The molecule has 0 N–H and O–H groups in total. The van der Waals surface area contributed by atoms with Crippen molar-refractivity contribution in [1.29, 1.82) is 0 Å². The summed E-state index contributed by atoms with van der Waals surface area (Å²) >= 11 is 0. The summed E-state index contributed by atoms with van der Waals surface area (Å²) in [6, 6.07) is 14.6. The predicted molar refractivity (Wildman–Crippen MR) is 103 cm³/mol. The van der Waals surface area contributed by atoms with Crippen molar-refractivity contribution < 1.29 is 23.8 Å². The van der Waals surface area contributed by atoms with Crippen molar-refractivity contribution in [1.82, 2.24) is 0 Å². The van der Waals surface area contributed by atoms with E-state index in [1.807, 2.05) is 36.4 Å². The Morgan fingerprint density at radius 2 is 1.71 bits per heavy atom. The van der Waals surface area contributed by atoms with Crippen LogP contribution in [0.1, 0.15) is 38.8 Å². The minimum Gasteiger partial charge on any atom is -0.468 e. The van der Waals surface area contributed by atoms with Crippen molar-refractivity contribution >= 4 is 17.7 Å². The molecule has 0 saturated carbocycles. The van der Waals surface area contributed by atoms with E-state index in [2.05, 4.69) is 0 Å². The van der Waals surface area contributed by atoms with E-state index in [9.17, 15) is 9.59 Å². The van der Waals surface area contributed by atoms with Crippen molar-refractivity contribution in [2.24, 2.45) is 0 Å². The van der Waals surface area contributed by atoms with Crippen LogP contribution in [0.4, 0.5) is 10.5 Å². The zero-order chi connectivity index (χ0) is 20.1. The highest BCUT2D eigenvalue weighted by atomic mass is 16.6. The van der Waals surface area contributed by atoms with Gasteiger partial charge < -0.3 is 14.2 Å². The summed E-state index contributed by atoms with van der Waals surface area (Å²) in [5, 5.41) is 0. The Bertz CT molecular complexity index is 948. The molecule has 2 aromatic carbocycles. The third-order valence-corrected chi connectivity index (χ3v) is 4.93. The molecule has 2 aliphatic rings. The van der Waals surface area contributed by atoms with Crippen LogP contribution in [0, 0.1) is 0 Å². The highest BCUT2D eigenvalue weighted by Gasteiger charge is 2.66. The first-order valence-electron chi connectivity index (χ1n) is 9.36. The average Bonchev–Trinajstić information content (AvgIpc) is 3.10. The maximum Gasteiger partial charge on any atom is 0.417 e. The molecule has 0 unspecified atom stereocenters. The van der Waals surface area contributed by atoms with Gasteiger partial charge in [0.25, 0.3) is 0 Å². The van der Waals surface area contributed by atoms with Gasteiger partial charge in [0.15, 0.2) is 5.41 Å². The molecule has 6 nitrogen and oxygen atoms in total. The smallest absolute Gasteiger partial charge is 0.417 e. The number of ether oxygens (including phenoxy) is 3. The van der Waals surface area contributed by atoms with Crippen molar-refractivity contribution in [2.45, 2.75) is 44.9 Å². The molecular weight excluding hydrogens is 358 g/mol. The van der Waals surface area contributed by atoms with Gasteiger partial charge in [-0.2, -0.15) is 0 Å². The fourth-order valence-corrected chi connectivity index (χ4v) is 3.98. The SMILES string of the molecule is CCOC(=O)[C@]12c3ccccc3O[C@H]1N(C(=O)OC(C)(C)C)c1ccccc12. The molecule has 2 heterocycles. The van der Waals surface area contributed by atoms with Crippen molar-refractivity contribution in [3.63, 3.8) is 0 Å². The molecule has 28 heavy (non-hydrogen) atoms. The molecule has 146 valence electrons. The van der Waals surface area contributed by atoms with Gasteiger partial charge in [-0.3, -0.25) is 4.79 Å². The van der Waals surface area contributed by atoms with Gasteiger partial charge >= 0.3 is 12.1 Å². The van der Waals surface area contributed by atoms with Crippen LogP contribution in [0.25, 0.3) is 0 Å². The second-order valence-corrected chi connectivity index (χ2v) is 7.86. The minimum atomic E-state index is -1.25. The highest BCUT2D eigenvalue weighted by molar-refractivity contribution is 6.02. The van der Waals surface area contributed by atoms with Crippen molar-refractivity contribution in [3.8, 4) is 5.75 Å². The summed E-state index contributed by atoms with van der Waals surface area (Å²) in [5.41, 5.74) is 0.0165. The van der Waals surface area contributed by atoms with Crippen LogP contribution < -0.4 is 9.64 Å². The number of hydrogen-bond donors (Lipinski definition) is 0. The van der Waals surface area contributed by atoms with Gasteiger partial charge in [-0.05, 0) is 39.8 Å². The summed E-state index contributed by atoms with van der Waals surface area (Å²) in [4.78, 5) is 27.9. The number of hydrogen-bond acceptors (Lipinski definition) is 5. The Kier molecular flexibility index (Phi) is 4.10. The number of para-hydroxylation sites is 2. The molecule has 0 aliphatic carbocycles. The Morgan fingerprint density at radius 1 is 1.07 bits per heavy atom. The van der Waals surface area contributed by atoms with E-state index in [1.54, 1.807) is 39.8 Å². The minimum absolute atomic E-state index is 0.226. The Hall–Kier alpha value is -3.02. The number of anilines is 1. The Balaban J connectivity index is 1.94. The predicted octanol–water partition coefficient (Wildman–Crippen LogP) is 4.01. The monoisotopic (exact) mass is 381 g/mol. The fraction of sp³-hybridized carbons (Fsp3) is 0.364. The van der Waals surface area contributed by atoms with E-state index >= 15 is 0 Å². The van der Waals surface area contributed by atoms with E-state index in [0.717, 1.165) is 0 Å². The first-order valence-corrected chi connectivity index (χ1v) is 9.36. The molecule has 0 spiro atoms. The largest absolute Gasteiger partial charge is 0.468 e. The van der Waals surface area contributed by atoms with Crippen LogP contribution >= 0.6 is 0 Å². The van der Waals surface area contributed by atoms with Crippen LogP contribution in [0.5, 0.6) is 5.75 Å². The van der Waals surface area contributed by atoms with Gasteiger partial charge in [0, 0.05) is 11.1 Å². The number of nitrogens with zero attached hydrogens (tertiary/aromatic N) is 1. The molecule has 1 amide bonds. The summed E-state index contributed by atoms with van der Waals surface area (Å²) < 4.78 is 17.3. The summed E-state index contributed by atoms with van der Waals surface area (Å²) in [6.07, 6.45) is -1.47. The van der Waals surface area contributed by atoms with Crippen LogP contribution in [0.15, 0.2) is 48.5 Å². The van der Waals surface area contributed by atoms with Crippen molar-refractivity contribution in [2.75, 3.05) is 11.5 Å². The van der Waals surface area contributed by atoms with Gasteiger partial charge in [-0.1, -0.05) is 36.4 Å². The number of carbonyl (C=O) groups is 2. The molecule has 4 rings (SSSR count). The molecular formula is C22H23NO5. The van der Waals surface area contributed by atoms with E-state index < -0.39 is 29.3 Å². The van der Waals surface area contributed by atoms with Gasteiger partial charge in [0.1, 0.15) is 11.4 Å². The zero-order valence-electron chi connectivity index (χ0n) is 16.4. The zero-order valence-corrected chi connectivity index (χ0v) is 16.4. The summed E-state index contributed by atoms with van der Waals surface area (Å²) in [6.45, 7) is 7.39. The lowest BCUT2D eigenvalue weighted by molar-refractivity contribution is -0.150. The lowest BCUT2D eigenvalue weighted by Crippen LogP contribution is -2.53. The average molecular weight is 381 g/mol. The first kappa shape index (κ1) is 18.3. The molecule has 6 heteroatoms. The maximum absolute atomic E-state index is 13.3. The third-order valence-electron chi connectivity index (χ3n) is 4.93. The van der Waals surface area contributed by atoms with Gasteiger partial charge in [0.2, 0.25) is 6.23 Å². The lowest BCUT2D eigenvalue weighted by Gasteiger charge is -2.31. The maximum atomic E-state index is 13.3. The van der Waals surface area contributed by atoms with E-state index in [4.69, 9.17) is 14.2 Å². The third kappa shape index (κ3) is 2.47. The highest BCUT2D eigenvalue weighted by Crippen LogP contribution is 2.57. The number of rotatable bonds is 2. The van der Waals surface area contributed by atoms with Crippen LogP contribution in [-0.2, 0) is 19.7 Å². The lowest BCUT2D eigenvalue weighted by atomic mass is 9.75. The Labute approximate surface area is 164 Å². The van der Waals surface area contributed by atoms with Crippen LogP contribution in [-0.4, -0.2) is 30.5 Å². The van der Waals surface area contributed by atoms with Gasteiger partial charge in [-0.15, -0.1) is 0 Å². The number of amides is 1. The molecule has 0 bridgehead atoms. The van der Waals surface area contributed by atoms with E-state index in [0.29, 0.717) is 22.6 Å². The molecule has 0 fully saturated rings.